The molecule has 0 amide bonds. The van der Waals surface area contributed by atoms with E-state index in [4.69, 9.17) is 11.6 Å². The van der Waals surface area contributed by atoms with Gasteiger partial charge in [0.25, 0.3) is 0 Å². The van der Waals surface area contributed by atoms with Gasteiger partial charge >= 0.3 is 0 Å². The van der Waals surface area contributed by atoms with Crippen molar-refractivity contribution in [1.82, 2.24) is 0 Å². The van der Waals surface area contributed by atoms with Crippen molar-refractivity contribution in [2.24, 2.45) is 0 Å². The highest BCUT2D eigenvalue weighted by Gasteiger charge is 2.11. The van der Waals surface area contributed by atoms with Crippen LogP contribution >= 0.6 is 11.6 Å². The second-order valence-electron chi connectivity index (χ2n) is 2.75. The first kappa shape index (κ1) is 6.99. The van der Waals surface area contributed by atoms with Crippen molar-refractivity contribution in [3.63, 3.8) is 0 Å². The molecule has 0 atom stereocenters. The minimum absolute atomic E-state index is 0.630. The van der Waals surface area contributed by atoms with E-state index in [1.165, 1.54) is 16.8 Å². The van der Waals surface area contributed by atoms with Gasteiger partial charge in [-0.25, -0.2) is 0 Å². The molecule has 2 heteroatoms. The maximum Gasteiger partial charge on any atom is 0.0477 e. The fourth-order valence-electron chi connectivity index (χ4n) is 1.54. The molecule has 1 aromatic carbocycles. The number of alkyl halides is 1. The Kier molecular flexibility index (Phi) is 1.74. The van der Waals surface area contributed by atoms with Gasteiger partial charge in [-0.2, -0.15) is 0 Å². The maximum absolute atomic E-state index is 5.78. The van der Waals surface area contributed by atoms with Crippen LogP contribution in [0.3, 0.4) is 0 Å². The van der Waals surface area contributed by atoms with Crippen LogP contribution in [0, 0.1) is 0 Å². The molecule has 1 heterocycles. The normalized spacial score (nSPS) is 14.3. The summed E-state index contributed by atoms with van der Waals surface area (Å²) in [4.78, 5) is 0. The van der Waals surface area contributed by atoms with E-state index >= 15 is 0 Å². The average Bonchev–Trinajstić information content (AvgIpc) is 2.50. The Morgan fingerprint density at radius 2 is 2.36 bits per heavy atom. The van der Waals surface area contributed by atoms with Gasteiger partial charge in [0, 0.05) is 18.1 Å². The standard InChI is InChI=1S/C9H10ClN/c10-6-7-2-1-3-9-8(7)4-5-11-9/h1-3,11H,4-6H2. The molecule has 0 saturated carbocycles. The van der Waals surface area contributed by atoms with E-state index in [1.807, 2.05) is 0 Å². The van der Waals surface area contributed by atoms with E-state index in [0.717, 1.165) is 13.0 Å². The van der Waals surface area contributed by atoms with Gasteiger partial charge in [0.15, 0.2) is 0 Å². The minimum atomic E-state index is 0.630. The SMILES string of the molecule is ClCc1cccc2c1CCN2. The molecule has 0 fully saturated rings. The predicted molar refractivity (Wildman–Crippen MR) is 48.2 cm³/mol. The topological polar surface area (TPSA) is 12.0 Å². The monoisotopic (exact) mass is 167 g/mol. The zero-order valence-electron chi connectivity index (χ0n) is 6.23. The highest BCUT2D eigenvalue weighted by molar-refractivity contribution is 6.17. The van der Waals surface area contributed by atoms with Crippen molar-refractivity contribution in [3.8, 4) is 0 Å². The predicted octanol–water partition coefficient (Wildman–Crippen LogP) is 2.39. The highest BCUT2D eigenvalue weighted by Crippen LogP contribution is 2.26. The molecule has 1 aliphatic heterocycles. The number of hydrogen-bond acceptors (Lipinski definition) is 1. The zero-order valence-corrected chi connectivity index (χ0v) is 6.99. The summed E-state index contributed by atoms with van der Waals surface area (Å²) in [6, 6.07) is 6.26. The smallest absolute Gasteiger partial charge is 0.0477 e. The van der Waals surface area contributed by atoms with E-state index in [1.54, 1.807) is 0 Å². The lowest BCUT2D eigenvalue weighted by Crippen LogP contribution is -1.90. The number of anilines is 1. The van der Waals surface area contributed by atoms with Crippen LogP contribution in [0.15, 0.2) is 18.2 Å². The van der Waals surface area contributed by atoms with Crippen molar-refractivity contribution in [3.05, 3.63) is 29.3 Å². The van der Waals surface area contributed by atoms with E-state index in [2.05, 4.69) is 23.5 Å². The first-order chi connectivity index (χ1) is 5.42. The molecule has 1 aliphatic rings. The quantitative estimate of drug-likeness (QED) is 0.634. The number of fused-ring (bicyclic) bond motifs is 1. The van der Waals surface area contributed by atoms with Crippen LogP contribution < -0.4 is 5.32 Å². The fourth-order valence-corrected chi connectivity index (χ4v) is 1.79. The van der Waals surface area contributed by atoms with Crippen molar-refractivity contribution in [2.45, 2.75) is 12.3 Å². The summed E-state index contributed by atoms with van der Waals surface area (Å²) in [6.07, 6.45) is 1.12. The molecule has 1 aromatic rings. The second-order valence-corrected chi connectivity index (χ2v) is 3.02. The first-order valence-electron chi connectivity index (χ1n) is 3.82. The second kappa shape index (κ2) is 2.74. The Morgan fingerprint density at radius 1 is 1.45 bits per heavy atom. The van der Waals surface area contributed by atoms with Crippen LogP contribution in [0.5, 0.6) is 0 Å². The first-order valence-corrected chi connectivity index (χ1v) is 4.36. The molecule has 0 saturated heterocycles. The molecular weight excluding hydrogens is 158 g/mol. The molecular formula is C9H10ClN. The van der Waals surface area contributed by atoms with Crippen LogP contribution in [0.4, 0.5) is 5.69 Å². The Bertz CT molecular complexity index is 270. The van der Waals surface area contributed by atoms with Gasteiger partial charge in [0.1, 0.15) is 0 Å². The third-order valence-electron chi connectivity index (χ3n) is 2.11. The number of halogens is 1. The lowest BCUT2D eigenvalue weighted by molar-refractivity contribution is 1.09. The van der Waals surface area contributed by atoms with Gasteiger partial charge in [0.2, 0.25) is 0 Å². The van der Waals surface area contributed by atoms with Gasteiger partial charge < -0.3 is 5.32 Å². The van der Waals surface area contributed by atoms with Crippen molar-refractivity contribution < 1.29 is 0 Å². The summed E-state index contributed by atoms with van der Waals surface area (Å²) in [6.45, 7) is 1.06. The third kappa shape index (κ3) is 1.10. The summed E-state index contributed by atoms with van der Waals surface area (Å²) in [5.41, 5.74) is 3.94. The molecule has 2 rings (SSSR count). The van der Waals surface area contributed by atoms with Crippen molar-refractivity contribution >= 4 is 17.3 Å². The van der Waals surface area contributed by atoms with Gasteiger partial charge in [-0.15, -0.1) is 11.6 Å². The molecule has 0 aromatic heterocycles. The largest absolute Gasteiger partial charge is 0.384 e. The number of nitrogens with one attached hydrogen (secondary N) is 1. The minimum Gasteiger partial charge on any atom is -0.384 e. The zero-order chi connectivity index (χ0) is 7.68. The molecule has 1 nitrogen and oxygen atoms in total. The molecule has 11 heavy (non-hydrogen) atoms. The molecule has 0 unspecified atom stereocenters. The summed E-state index contributed by atoms with van der Waals surface area (Å²) < 4.78 is 0. The van der Waals surface area contributed by atoms with Crippen LogP contribution in [0.2, 0.25) is 0 Å². The molecule has 0 spiro atoms. The maximum atomic E-state index is 5.78. The van der Waals surface area contributed by atoms with Crippen LogP contribution in [0.1, 0.15) is 11.1 Å². The van der Waals surface area contributed by atoms with Crippen LogP contribution in [-0.2, 0) is 12.3 Å². The van der Waals surface area contributed by atoms with Crippen molar-refractivity contribution in [2.75, 3.05) is 11.9 Å². The summed E-state index contributed by atoms with van der Waals surface area (Å²) >= 11 is 5.78. The molecule has 0 radical (unpaired) electrons. The van der Waals surface area contributed by atoms with Crippen molar-refractivity contribution in [1.29, 1.82) is 0 Å². The molecule has 1 N–H and O–H groups in total. The average molecular weight is 168 g/mol. The van der Waals surface area contributed by atoms with Crippen LogP contribution in [-0.4, -0.2) is 6.54 Å². The van der Waals surface area contributed by atoms with Gasteiger partial charge in [-0.1, -0.05) is 12.1 Å². The molecule has 58 valence electrons. The lowest BCUT2D eigenvalue weighted by Gasteiger charge is -2.02. The van der Waals surface area contributed by atoms with Crippen LogP contribution in [0.25, 0.3) is 0 Å². The van der Waals surface area contributed by atoms with Gasteiger partial charge in [-0.05, 0) is 23.6 Å². The Labute approximate surface area is 71.4 Å². The van der Waals surface area contributed by atoms with Gasteiger partial charge in [0.05, 0.1) is 0 Å². The molecule has 0 bridgehead atoms. The Morgan fingerprint density at radius 3 is 3.18 bits per heavy atom. The third-order valence-corrected chi connectivity index (χ3v) is 2.40. The Hall–Kier alpha value is -0.690. The number of hydrogen-bond donors (Lipinski definition) is 1. The fraction of sp³-hybridized carbons (Fsp3) is 0.333. The van der Waals surface area contributed by atoms with E-state index in [0.29, 0.717) is 5.88 Å². The number of rotatable bonds is 1. The van der Waals surface area contributed by atoms with E-state index in [9.17, 15) is 0 Å². The van der Waals surface area contributed by atoms with Gasteiger partial charge in [-0.3, -0.25) is 0 Å². The summed E-state index contributed by atoms with van der Waals surface area (Å²) in [5.74, 6) is 0.630. The highest BCUT2D eigenvalue weighted by atomic mass is 35.5. The van der Waals surface area contributed by atoms with E-state index < -0.39 is 0 Å². The van der Waals surface area contributed by atoms with E-state index in [-0.39, 0.29) is 0 Å². The molecule has 0 aliphatic carbocycles. The number of benzene rings is 1. The summed E-state index contributed by atoms with van der Waals surface area (Å²) in [7, 11) is 0. The summed E-state index contributed by atoms with van der Waals surface area (Å²) in [5, 5.41) is 3.32. The lowest BCUT2D eigenvalue weighted by atomic mass is 10.1. The Balaban J connectivity index is 2.50.